The van der Waals surface area contributed by atoms with Gasteiger partial charge in [-0.25, -0.2) is 0 Å². The minimum Gasteiger partial charge on any atom is -0.314 e. The molecule has 0 saturated carbocycles. The number of rotatable bonds is 5. The van der Waals surface area contributed by atoms with Crippen molar-refractivity contribution >= 4 is 0 Å². The Morgan fingerprint density at radius 3 is 2.33 bits per heavy atom. The predicted molar refractivity (Wildman–Crippen MR) is 67.6 cm³/mol. The molecule has 1 aliphatic rings. The number of hydrogen-bond acceptors (Lipinski definition) is 2. The van der Waals surface area contributed by atoms with Crippen molar-refractivity contribution in [3.05, 3.63) is 0 Å². The van der Waals surface area contributed by atoms with Gasteiger partial charge < -0.3 is 5.32 Å². The lowest BCUT2D eigenvalue weighted by molar-refractivity contribution is -0.155. The number of hydrogen-bond donors (Lipinski definition) is 1. The summed E-state index contributed by atoms with van der Waals surface area (Å²) in [4.78, 5) is 1.55. The van der Waals surface area contributed by atoms with E-state index in [-0.39, 0.29) is 12.1 Å². The van der Waals surface area contributed by atoms with Crippen molar-refractivity contribution in [3.8, 4) is 0 Å². The van der Waals surface area contributed by atoms with Crippen LogP contribution in [0.5, 0.6) is 0 Å². The molecule has 2 atom stereocenters. The Morgan fingerprint density at radius 1 is 1.22 bits per heavy atom. The van der Waals surface area contributed by atoms with Gasteiger partial charge in [0.05, 0.1) is 6.54 Å². The lowest BCUT2D eigenvalue weighted by Gasteiger charge is -2.36. The third kappa shape index (κ3) is 5.57. The second kappa shape index (κ2) is 6.75. The molecule has 2 unspecified atom stereocenters. The summed E-state index contributed by atoms with van der Waals surface area (Å²) in [7, 11) is 0. The maximum atomic E-state index is 12.5. The summed E-state index contributed by atoms with van der Waals surface area (Å²) in [5, 5.41) is 3.40. The van der Waals surface area contributed by atoms with Crippen LogP contribution in [0.25, 0.3) is 0 Å². The van der Waals surface area contributed by atoms with Crippen LogP contribution in [-0.4, -0.2) is 42.3 Å². The van der Waals surface area contributed by atoms with E-state index in [2.05, 4.69) is 5.32 Å². The van der Waals surface area contributed by atoms with E-state index in [0.29, 0.717) is 6.04 Å². The van der Waals surface area contributed by atoms with E-state index in [9.17, 15) is 13.2 Å². The lowest BCUT2D eigenvalue weighted by atomic mass is 9.97. The summed E-state index contributed by atoms with van der Waals surface area (Å²) in [6.07, 6.45) is 0.141. The summed E-state index contributed by atoms with van der Waals surface area (Å²) >= 11 is 0. The van der Waals surface area contributed by atoms with E-state index < -0.39 is 12.7 Å². The fraction of sp³-hybridized carbons (Fsp3) is 1.00. The highest BCUT2D eigenvalue weighted by molar-refractivity contribution is 4.81. The van der Waals surface area contributed by atoms with Crippen molar-refractivity contribution in [1.29, 1.82) is 0 Å². The summed E-state index contributed by atoms with van der Waals surface area (Å²) in [6.45, 7) is 5.76. The summed E-state index contributed by atoms with van der Waals surface area (Å²) in [5.74, 6) is 0. The normalized spacial score (nSPS) is 23.7. The molecule has 5 heteroatoms. The lowest BCUT2D eigenvalue weighted by Crippen LogP contribution is -2.47. The molecule has 1 N–H and O–H groups in total. The smallest absolute Gasteiger partial charge is 0.314 e. The van der Waals surface area contributed by atoms with Gasteiger partial charge in [0, 0.05) is 18.1 Å². The molecule has 0 aromatic rings. The van der Waals surface area contributed by atoms with Crippen LogP contribution in [0.15, 0.2) is 0 Å². The van der Waals surface area contributed by atoms with E-state index in [4.69, 9.17) is 0 Å². The number of piperidine rings is 1. The Labute approximate surface area is 108 Å². The van der Waals surface area contributed by atoms with E-state index in [1.54, 1.807) is 4.90 Å². The van der Waals surface area contributed by atoms with Gasteiger partial charge in [0.1, 0.15) is 0 Å². The predicted octanol–water partition coefficient (Wildman–Crippen LogP) is 3.18. The molecule has 0 aliphatic carbocycles. The molecule has 2 nitrogen and oxygen atoms in total. The minimum atomic E-state index is -4.11. The Kier molecular flexibility index (Phi) is 5.92. The first-order valence-electron chi connectivity index (χ1n) is 6.85. The Morgan fingerprint density at radius 2 is 1.89 bits per heavy atom. The third-order valence-corrected chi connectivity index (χ3v) is 3.63. The number of nitrogens with one attached hydrogen (secondary N) is 1. The van der Waals surface area contributed by atoms with Gasteiger partial charge in [-0.1, -0.05) is 6.42 Å². The molecular weight excluding hydrogens is 241 g/mol. The average molecular weight is 266 g/mol. The molecule has 0 aromatic heterocycles. The van der Waals surface area contributed by atoms with Crippen LogP contribution in [0.4, 0.5) is 13.2 Å². The summed E-state index contributed by atoms with van der Waals surface area (Å²) < 4.78 is 37.6. The van der Waals surface area contributed by atoms with Crippen LogP contribution >= 0.6 is 0 Å². The number of nitrogens with zero attached hydrogens (tertiary/aromatic N) is 1. The molecule has 0 bridgehead atoms. The standard InChI is InChI=1S/C13H25F3N2/c1-10(2)18(9-13(14,15)16)11(3)8-12-6-4-5-7-17-12/h10-12,17H,4-9H2,1-3H3. The fourth-order valence-corrected chi connectivity index (χ4v) is 2.73. The monoisotopic (exact) mass is 266 g/mol. The highest BCUT2D eigenvalue weighted by atomic mass is 19.4. The van der Waals surface area contributed by atoms with E-state index in [0.717, 1.165) is 19.4 Å². The third-order valence-electron chi connectivity index (χ3n) is 3.63. The quantitative estimate of drug-likeness (QED) is 0.822. The van der Waals surface area contributed by atoms with E-state index in [1.165, 1.54) is 12.8 Å². The molecule has 0 aromatic carbocycles. The Bertz CT molecular complexity index is 235. The Hall–Kier alpha value is -0.290. The van der Waals surface area contributed by atoms with Gasteiger partial charge in [-0.15, -0.1) is 0 Å². The van der Waals surface area contributed by atoms with Crippen molar-refractivity contribution in [2.75, 3.05) is 13.1 Å². The molecule has 0 amide bonds. The molecule has 1 aliphatic heterocycles. The van der Waals surface area contributed by atoms with Gasteiger partial charge in [0.2, 0.25) is 0 Å². The van der Waals surface area contributed by atoms with Gasteiger partial charge in [-0.3, -0.25) is 4.90 Å². The number of halogens is 3. The van der Waals surface area contributed by atoms with Crippen molar-refractivity contribution in [2.24, 2.45) is 0 Å². The SMILES string of the molecule is CC(C)N(CC(F)(F)F)C(C)CC1CCCCN1. The van der Waals surface area contributed by atoms with Crippen LogP contribution in [0.3, 0.4) is 0 Å². The van der Waals surface area contributed by atoms with Gasteiger partial charge in [0.25, 0.3) is 0 Å². The van der Waals surface area contributed by atoms with Gasteiger partial charge >= 0.3 is 6.18 Å². The molecule has 108 valence electrons. The van der Waals surface area contributed by atoms with Crippen molar-refractivity contribution < 1.29 is 13.2 Å². The zero-order valence-electron chi connectivity index (χ0n) is 11.6. The van der Waals surface area contributed by atoms with Crippen LogP contribution in [0, 0.1) is 0 Å². The Balaban J connectivity index is 2.50. The molecular formula is C13H25F3N2. The maximum Gasteiger partial charge on any atom is 0.401 e. The first-order valence-corrected chi connectivity index (χ1v) is 6.85. The molecule has 1 heterocycles. The molecule has 0 spiro atoms. The molecule has 1 fully saturated rings. The van der Waals surface area contributed by atoms with Crippen LogP contribution in [0.2, 0.25) is 0 Å². The molecule has 1 saturated heterocycles. The van der Waals surface area contributed by atoms with Gasteiger partial charge in [0.15, 0.2) is 0 Å². The highest BCUT2D eigenvalue weighted by Gasteiger charge is 2.34. The molecule has 1 rings (SSSR count). The van der Waals surface area contributed by atoms with Gasteiger partial charge in [-0.2, -0.15) is 13.2 Å². The van der Waals surface area contributed by atoms with E-state index >= 15 is 0 Å². The van der Waals surface area contributed by atoms with Crippen molar-refractivity contribution in [1.82, 2.24) is 10.2 Å². The zero-order valence-corrected chi connectivity index (χ0v) is 11.6. The summed E-state index contributed by atoms with van der Waals surface area (Å²) in [5.41, 5.74) is 0. The first-order chi connectivity index (χ1) is 8.29. The second-order valence-electron chi connectivity index (χ2n) is 5.61. The first kappa shape index (κ1) is 15.8. The van der Waals surface area contributed by atoms with Crippen molar-refractivity contribution in [2.45, 2.75) is 70.8 Å². The van der Waals surface area contributed by atoms with E-state index in [1.807, 2.05) is 20.8 Å². The summed E-state index contributed by atoms with van der Waals surface area (Å²) in [6, 6.07) is 0.260. The minimum absolute atomic E-state index is 0.0396. The second-order valence-corrected chi connectivity index (χ2v) is 5.61. The van der Waals surface area contributed by atoms with Crippen LogP contribution < -0.4 is 5.32 Å². The molecule has 18 heavy (non-hydrogen) atoms. The average Bonchev–Trinajstić information content (AvgIpc) is 2.25. The largest absolute Gasteiger partial charge is 0.401 e. The van der Waals surface area contributed by atoms with Crippen LogP contribution in [-0.2, 0) is 0 Å². The van der Waals surface area contributed by atoms with Crippen molar-refractivity contribution in [3.63, 3.8) is 0 Å². The van der Waals surface area contributed by atoms with Crippen LogP contribution in [0.1, 0.15) is 46.5 Å². The fourth-order valence-electron chi connectivity index (χ4n) is 2.73. The molecule has 0 radical (unpaired) electrons. The topological polar surface area (TPSA) is 15.3 Å². The van der Waals surface area contributed by atoms with Gasteiger partial charge in [-0.05, 0) is 46.6 Å². The zero-order chi connectivity index (χ0) is 13.8. The number of alkyl halides is 3. The maximum absolute atomic E-state index is 12.5. The highest BCUT2D eigenvalue weighted by Crippen LogP contribution is 2.22.